The van der Waals surface area contributed by atoms with Crippen LogP contribution in [0.2, 0.25) is 0 Å². The topological polar surface area (TPSA) is 81.6 Å². The second kappa shape index (κ2) is 7.11. The van der Waals surface area contributed by atoms with Gasteiger partial charge >= 0.3 is 0 Å². The van der Waals surface area contributed by atoms with Gasteiger partial charge in [-0.1, -0.05) is 19.1 Å². The van der Waals surface area contributed by atoms with E-state index in [0.717, 1.165) is 56.0 Å². The first kappa shape index (κ1) is 22.7. The third-order valence-electron chi connectivity index (χ3n) is 10.9. The number of imidazole rings is 1. The number of aliphatic hydroxyl groups is 2. The van der Waals surface area contributed by atoms with Crippen LogP contribution in [0.1, 0.15) is 57.4 Å². The summed E-state index contributed by atoms with van der Waals surface area (Å²) in [5.41, 5.74) is 3.88. The molecule has 7 rings (SSSR count). The zero-order chi connectivity index (χ0) is 24.4. The van der Waals surface area contributed by atoms with Crippen LogP contribution in [0.15, 0.2) is 30.6 Å². The van der Waals surface area contributed by atoms with E-state index in [0.29, 0.717) is 5.92 Å². The number of allylic oxidation sites excluding steroid dienone is 2. The van der Waals surface area contributed by atoms with Crippen LogP contribution in [0.25, 0.3) is 16.6 Å². The largest absolute Gasteiger partial charge is 0.390 e. The third-order valence-corrected chi connectivity index (χ3v) is 11.6. The molecule has 7 heteroatoms. The first-order chi connectivity index (χ1) is 16.6. The highest BCUT2D eigenvalue weighted by Crippen LogP contribution is 2.73. The van der Waals surface area contributed by atoms with E-state index < -0.39 is 28.3 Å². The molecule has 9 atom stereocenters. The van der Waals surface area contributed by atoms with E-state index in [1.54, 1.807) is 6.33 Å². The Morgan fingerprint density at radius 3 is 2.74 bits per heavy atom. The smallest absolute Gasteiger partial charge is 0.0958 e. The Labute approximate surface area is 211 Å². The number of ether oxygens (including phenoxy) is 1. The van der Waals surface area contributed by atoms with Crippen LogP contribution in [-0.4, -0.2) is 73.5 Å². The normalized spacial score (nSPS) is 48.5. The van der Waals surface area contributed by atoms with Crippen molar-refractivity contribution < 1.29 is 14.9 Å². The molecule has 6 nitrogen and oxygen atoms in total. The van der Waals surface area contributed by atoms with Crippen molar-refractivity contribution in [3.63, 3.8) is 0 Å². The summed E-state index contributed by atoms with van der Waals surface area (Å²) in [5.74, 6) is 0.179. The highest BCUT2D eigenvalue weighted by molar-refractivity contribution is 6.25. The van der Waals surface area contributed by atoms with E-state index in [2.05, 4.69) is 41.2 Å². The fraction of sp³-hybridized carbons (Fsp3) is 0.679. The summed E-state index contributed by atoms with van der Waals surface area (Å²) in [6, 6.07) is 6.43. The van der Waals surface area contributed by atoms with Gasteiger partial charge < -0.3 is 24.8 Å². The van der Waals surface area contributed by atoms with E-state index >= 15 is 0 Å². The molecule has 3 N–H and O–H groups in total. The molecule has 1 aromatic carbocycles. The van der Waals surface area contributed by atoms with E-state index in [-0.39, 0.29) is 17.4 Å². The van der Waals surface area contributed by atoms with Gasteiger partial charge in [-0.05, 0) is 87.7 Å². The van der Waals surface area contributed by atoms with Gasteiger partial charge in [-0.25, -0.2) is 4.98 Å². The number of fused-ring (bicyclic) bond motifs is 2. The second-order valence-electron chi connectivity index (χ2n) is 12.5. The van der Waals surface area contributed by atoms with Gasteiger partial charge in [0.25, 0.3) is 0 Å². The third kappa shape index (κ3) is 2.73. The summed E-state index contributed by atoms with van der Waals surface area (Å²) in [4.78, 5) is 9.19. The number of aromatic nitrogens is 2. The Hall–Kier alpha value is -1.44. The summed E-state index contributed by atoms with van der Waals surface area (Å²) < 4.78 is 7.32. The van der Waals surface area contributed by atoms with Gasteiger partial charge in [0, 0.05) is 17.9 Å². The summed E-state index contributed by atoms with van der Waals surface area (Å²) in [7, 11) is 3.97. The molecule has 2 saturated carbocycles. The Bertz CT molecular complexity index is 1230. The Balaban J connectivity index is 1.28. The lowest BCUT2D eigenvalue weighted by Gasteiger charge is -2.65. The zero-order valence-electron chi connectivity index (χ0n) is 20.8. The molecule has 2 saturated heterocycles. The molecule has 1 aromatic heterocycles. The summed E-state index contributed by atoms with van der Waals surface area (Å²) in [6.07, 6.45) is 8.72. The number of benzene rings is 1. The minimum atomic E-state index is -0.811. The minimum Gasteiger partial charge on any atom is -0.390 e. The lowest BCUT2D eigenvalue weighted by molar-refractivity contribution is -0.276. The second-order valence-corrected chi connectivity index (χ2v) is 13.2. The van der Waals surface area contributed by atoms with Crippen molar-refractivity contribution in [1.82, 2.24) is 14.9 Å². The monoisotopic (exact) mass is 497 g/mol. The number of aromatic amines is 1. The molecule has 0 amide bonds. The fourth-order valence-electron chi connectivity index (χ4n) is 9.11. The molecular weight excluding hydrogens is 462 g/mol. The summed E-state index contributed by atoms with van der Waals surface area (Å²) in [6.45, 7) is 2.42. The highest BCUT2D eigenvalue weighted by atomic mass is 35.5. The maximum atomic E-state index is 11.3. The molecule has 35 heavy (non-hydrogen) atoms. The first-order valence-corrected chi connectivity index (χ1v) is 13.6. The average molecular weight is 498 g/mol. The SMILES string of the molecule is CN(C)C1CC23CCC4(O2)C2CC=C(c5ccc6nc[nH]c6c5)C2(C)CCC4(Cl)CC3C(O)C1O. The van der Waals surface area contributed by atoms with Crippen molar-refractivity contribution in [3.05, 3.63) is 36.2 Å². The first-order valence-electron chi connectivity index (χ1n) is 13.2. The molecule has 2 bridgehead atoms. The number of H-pyrrole nitrogens is 1. The molecule has 5 aliphatic rings. The molecule has 0 radical (unpaired) electrons. The maximum absolute atomic E-state index is 11.3. The van der Waals surface area contributed by atoms with Gasteiger partial charge in [0.1, 0.15) is 0 Å². The van der Waals surface area contributed by atoms with Crippen molar-refractivity contribution >= 4 is 28.2 Å². The Morgan fingerprint density at radius 2 is 1.94 bits per heavy atom. The molecule has 4 fully saturated rings. The molecule has 9 unspecified atom stereocenters. The maximum Gasteiger partial charge on any atom is 0.0958 e. The van der Waals surface area contributed by atoms with Crippen LogP contribution in [0.3, 0.4) is 0 Å². The van der Waals surface area contributed by atoms with Gasteiger partial charge in [0.2, 0.25) is 0 Å². The van der Waals surface area contributed by atoms with Crippen LogP contribution < -0.4 is 0 Å². The highest BCUT2D eigenvalue weighted by Gasteiger charge is 2.76. The van der Waals surface area contributed by atoms with Gasteiger partial charge in [-0.3, -0.25) is 0 Å². The van der Waals surface area contributed by atoms with Crippen molar-refractivity contribution in [2.24, 2.45) is 17.3 Å². The van der Waals surface area contributed by atoms with E-state index in [9.17, 15) is 10.2 Å². The summed E-state index contributed by atoms with van der Waals surface area (Å²) in [5, 5.41) is 22.2. The molecule has 3 aliphatic carbocycles. The molecule has 188 valence electrons. The Morgan fingerprint density at radius 1 is 1.11 bits per heavy atom. The number of hydrogen-bond donors (Lipinski definition) is 3. The van der Waals surface area contributed by atoms with Crippen LogP contribution in [-0.2, 0) is 4.74 Å². The fourth-order valence-corrected chi connectivity index (χ4v) is 9.64. The number of likely N-dealkylation sites (N-methyl/N-ethyl adjacent to an activating group) is 1. The number of aliphatic hydroxyl groups excluding tert-OH is 2. The van der Waals surface area contributed by atoms with Crippen LogP contribution >= 0.6 is 11.6 Å². The van der Waals surface area contributed by atoms with Crippen molar-refractivity contribution in [2.45, 2.75) is 86.2 Å². The number of hydrogen-bond acceptors (Lipinski definition) is 5. The van der Waals surface area contributed by atoms with Crippen molar-refractivity contribution in [2.75, 3.05) is 14.1 Å². The van der Waals surface area contributed by atoms with Crippen molar-refractivity contribution in [1.29, 1.82) is 0 Å². The lowest BCUT2D eigenvalue weighted by Crippen LogP contribution is -2.72. The standard InChI is InChI=1S/C28H36ClN3O3/c1-25-8-10-27(29)13-18-23(33)24(34)21(32(2)3)14-26(18)9-11-28(27,35-26)22(25)7-5-17(25)16-4-6-19-20(12-16)31-15-30-19/h4-6,12,15,18,21-24,33-34H,7-11,13-14H2,1-3H3,(H,30,31). The van der Waals surface area contributed by atoms with Crippen molar-refractivity contribution in [3.8, 4) is 0 Å². The van der Waals surface area contributed by atoms with Gasteiger partial charge in [0.05, 0.1) is 45.6 Å². The molecule has 3 heterocycles. The predicted molar refractivity (Wildman–Crippen MR) is 136 cm³/mol. The van der Waals surface area contributed by atoms with Gasteiger partial charge in [-0.2, -0.15) is 0 Å². The summed E-state index contributed by atoms with van der Waals surface area (Å²) >= 11 is 7.61. The lowest BCUT2D eigenvalue weighted by atomic mass is 9.52. The number of nitrogens with zero attached hydrogens (tertiary/aromatic N) is 2. The molecule has 2 aliphatic heterocycles. The van der Waals surface area contributed by atoms with Gasteiger partial charge in [0.15, 0.2) is 0 Å². The zero-order valence-corrected chi connectivity index (χ0v) is 21.6. The van der Waals surface area contributed by atoms with E-state index in [4.69, 9.17) is 16.3 Å². The quantitative estimate of drug-likeness (QED) is 0.544. The van der Waals surface area contributed by atoms with Crippen LogP contribution in [0, 0.1) is 17.3 Å². The number of nitrogens with one attached hydrogen (secondary N) is 1. The van der Waals surface area contributed by atoms with Crippen LogP contribution in [0.5, 0.6) is 0 Å². The van der Waals surface area contributed by atoms with E-state index in [1.165, 1.54) is 11.1 Å². The molecule has 2 aromatic rings. The van der Waals surface area contributed by atoms with E-state index in [1.807, 2.05) is 19.0 Å². The molecular formula is C28H36ClN3O3. The average Bonchev–Trinajstić information content (AvgIpc) is 3.52. The number of halogens is 1. The molecule has 2 spiro atoms. The van der Waals surface area contributed by atoms with Gasteiger partial charge in [-0.15, -0.1) is 11.6 Å². The number of alkyl halides is 1. The van der Waals surface area contributed by atoms with Crippen LogP contribution in [0.4, 0.5) is 0 Å². The number of rotatable bonds is 2. The Kier molecular flexibility index (Phi) is 4.62. The minimum absolute atomic E-state index is 0.0157. The predicted octanol–water partition coefficient (Wildman–Crippen LogP) is 4.11.